The molecule has 0 saturated heterocycles. The standard InChI is InChI=1S/C19H28N4O2S/c1-4-17-13-21-18(26-17)14-23-19(20-2)22-12-15-7-5-8-16(11-15)25-10-6-9-24-3/h5,7-8,11,13H,4,6,9-10,12,14H2,1-3H3,(H2,20,22,23). The van der Waals surface area contributed by atoms with E-state index in [1.807, 2.05) is 24.4 Å². The van der Waals surface area contributed by atoms with Gasteiger partial charge in [-0.3, -0.25) is 4.99 Å². The second-order valence-electron chi connectivity index (χ2n) is 5.70. The van der Waals surface area contributed by atoms with Gasteiger partial charge in [-0.1, -0.05) is 19.1 Å². The van der Waals surface area contributed by atoms with Crippen molar-refractivity contribution in [1.29, 1.82) is 0 Å². The number of thiazole rings is 1. The summed E-state index contributed by atoms with van der Waals surface area (Å²) in [6, 6.07) is 8.08. The van der Waals surface area contributed by atoms with Gasteiger partial charge in [-0.25, -0.2) is 4.98 Å². The van der Waals surface area contributed by atoms with Crippen LogP contribution in [0.5, 0.6) is 5.75 Å². The summed E-state index contributed by atoms with van der Waals surface area (Å²) in [5.74, 6) is 1.63. The van der Waals surface area contributed by atoms with Crippen molar-refractivity contribution in [2.45, 2.75) is 32.9 Å². The van der Waals surface area contributed by atoms with Crippen LogP contribution in [-0.4, -0.2) is 38.3 Å². The first-order valence-electron chi connectivity index (χ1n) is 8.84. The number of rotatable bonds is 10. The lowest BCUT2D eigenvalue weighted by Crippen LogP contribution is -2.36. The minimum atomic E-state index is 0.654. The normalized spacial score (nSPS) is 11.4. The number of guanidine groups is 1. The highest BCUT2D eigenvalue weighted by Crippen LogP contribution is 2.14. The van der Waals surface area contributed by atoms with Crippen molar-refractivity contribution in [3.8, 4) is 5.75 Å². The monoisotopic (exact) mass is 376 g/mol. The third-order valence-electron chi connectivity index (χ3n) is 3.70. The summed E-state index contributed by atoms with van der Waals surface area (Å²) in [5.41, 5.74) is 1.14. The van der Waals surface area contributed by atoms with E-state index in [-0.39, 0.29) is 0 Å². The lowest BCUT2D eigenvalue weighted by atomic mass is 10.2. The van der Waals surface area contributed by atoms with Crippen molar-refractivity contribution >= 4 is 17.3 Å². The van der Waals surface area contributed by atoms with E-state index in [1.165, 1.54) is 4.88 Å². The Kier molecular flexibility index (Phi) is 8.92. The van der Waals surface area contributed by atoms with Crippen LogP contribution in [0.15, 0.2) is 35.5 Å². The average Bonchev–Trinajstić information content (AvgIpc) is 3.14. The van der Waals surface area contributed by atoms with Crippen molar-refractivity contribution in [2.24, 2.45) is 4.99 Å². The Morgan fingerprint density at radius 1 is 1.23 bits per heavy atom. The fourth-order valence-electron chi connectivity index (χ4n) is 2.30. The van der Waals surface area contributed by atoms with E-state index in [0.717, 1.165) is 35.1 Å². The largest absolute Gasteiger partial charge is 0.493 e. The molecule has 1 aromatic carbocycles. The molecule has 142 valence electrons. The summed E-state index contributed by atoms with van der Waals surface area (Å²) in [6.07, 6.45) is 3.84. The van der Waals surface area contributed by atoms with Crippen molar-refractivity contribution < 1.29 is 9.47 Å². The molecule has 2 aromatic rings. The van der Waals surface area contributed by atoms with Crippen molar-refractivity contribution in [1.82, 2.24) is 15.6 Å². The quantitative estimate of drug-likeness (QED) is 0.379. The van der Waals surface area contributed by atoms with E-state index in [0.29, 0.717) is 26.3 Å². The van der Waals surface area contributed by atoms with Crippen LogP contribution in [0.2, 0.25) is 0 Å². The van der Waals surface area contributed by atoms with Crippen LogP contribution in [0.25, 0.3) is 0 Å². The Bertz CT molecular complexity index is 688. The molecule has 0 aliphatic carbocycles. The van der Waals surface area contributed by atoms with E-state index in [2.05, 4.69) is 33.6 Å². The fourth-order valence-corrected chi connectivity index (χ4v) is 3.10. The van der Waals surface area contributed by atoms with E-state index < -0.39 is 0 Å². The Labute approximate surface area is 159 Å². The van der Waals surface area contributed by atoms with E-state index in [4.69, 9.17) is 9.47 Å². The van der Waals surface area contributed by atoms with Gasteiger partial charge in [-0.15, -0.1) is 11.3 Å². The third-order valence-corrected chi connectivity index (χ3v) is 4.84. The second-order valence-corrected chi connectivity index (χ2v) is 6.90. The lowest BCUT2D eigenvalue weighted by Gasteiger charge is -2.12. The van der Waals surface area contributed by atoms with Gasteiger partial charge >= 0.3 is 0 Å². The minimum absolute atomic E-state index is 0.654. The van der Waals surface area contributed by atoms with Gasteiger partial charge in [0.25, 0.3) is 0 Å². The highest BCUT2D eigenvalue weighted by Gasteiger charge is 2.03. The van der Waals surface area contributed by atoms with Crippen LogP contribution in [0.4, 0.5) is 0 Å². The molecule has 0 radical (unpaired) electrons. The molecule has 0 unspecified atom stereocenters. The van der Waals surface area contributed by atoms with E-state index in [9.17, 15) is 0 Å². The Balaban J connectivity index is 1.78. The van der Waals surface area contributed by atoms with Crippen LogP contribution in [0.1, 0.15) is 28.8 Å². The molecule has 6 nitrogen and oxygen atoms in total. The van der Waals surface area contributed by atoms with Crippen LogP contribution < -0.4 is 15.4 Å². The van der Waals surface area contributed by atoms with Crippen LogP contribution >= 0.6 is 11.3 Å². The van der Waals surface area contributed by atoms with Crippen LogP contribution in [0.3, 0.4) is 0 Å². The van der Waals surface area contributed by atoms with E-state index in [1.54, 1.807) is 25.5 Å². The first-order chi connectivity index (χ1) is 12.7. The maximum atomic E-state index is 5.74. The minimum Gasteiger partial charge on any atom is -0.493 e. The highest BCUT2D eigenvalue weighted by atomic mass is 32.1. The summed E-state index contributed by atoms with van der Waals surface area (Å²) in [5, 5.41) is 7.68. The van der Waals surface area contributed by atoms with Crippen LogP contribution in [0, 0.1) is 0 Å². The highest BCUT2D eigenvalue weighted by molar-refractivity contribution is 7.11. The van der Waals surface area contributed by atoms with Gasteiger partial charge < -0.3 is 20.1 Å². The SMILES string of the molecule is CCc1cnc(CNC(=NC)NCc2cccc(OCCCOC)c2)s1. The Morgan fingerprint density at radius 2 is 2.08 bits per heavy atom. The molecule has 0 aliphatic heterocycles. The van der Waals surface area contributed by atoms with Gasteiger partial charge in [0, 0.05) is 44.8 Å². The molecule has 1 aromatic heterocycles. The topological polar surface area (TPSA) is 67.8 Å². The summed E-state index contributed by atoms with van der Waals surface area (Å²) in [7, 11) is 3.47. The first kappa shape index (κ1) is 20.2. The average molecular weight is 377 g/mol. The lowest BCUT2D eigenvalue weighted by molar-refractivity contribution is 0.172. The molecular formula is C19H28N4O2S. The number of benzene rings is 1. The second kappa shape index (κ2) is 11.5. The number of hydrogen-bond acceptors (Lipinski definition) is 5. The Morgan fingerprint density at radius 3 is 2.81 bits per heavy atom. The number of aryl methyl sites for hydroxylation is 1. The zero-order valence-electron chi connectivity index (χ0n) is 15.7. The van der Waals surface area contributed by atoms with E-state index >= 15 is 0 Å². The van der Waals surface area contributed by atoms with Gasteiger partial charge in [-0.05, 0) is 24.1 Å². The summed E-state index contributed by atoms with van der Waals surface area (Å²) >= 11 is 1.73. The predicted octanol–water partition coefficient (Wildman–Crippen LogP) is 2.99. The number of nitrogens with one attached hydrogen (secondary N) is 2. The molecule has 0 aliphatic rings. The zero-order valence-corrected chi connectivity index (χ0v) is 16.6. The number of methoxy groups -OCH3 is 1. The number of ether oxygens (including phenoxy) is 2. The molecule has 0 amide bonds. The molecule has 2 N–H and O–H groups in total. The molecule has 1 heterocycles. The molecule has 0 spiro atoms. The summed E-state index contributed by atoms with van der Waals surface area (Å²) in [6.45, 7) is 4.85. The molecular weight excluding hydrogens is 348 g/mol. The van der Waals surface area contributed by atoms with Crippen LogP contribution in [-0.2, 0) is 24.2 Å². The van der Waals surface area contributed by atoms with Gasteiger partial charge in [0.15, 0.2) is 5.96 Å². The molecule has 2 rings (SSSR count). The summed E-state index contributed by atoms with van der Waals surface area (Å²) < 4.78 is 10.8. The van der Waals surface area contributed by atoms with Crippen molar-refractivity contribution in [3.63, 3.8) is 0 Å². The number of nitrogens with zero attached hydrogens (tertiary/aromatic N) is 2. The number of aromatic nitrogens is 1. The molecule has 0 fully saturated rings. The number of hydrogen-bond donors (Lipinski definition) is 2. The van der Waals surface area contributed by atoms with Gasteiger partial charge in [0.2, 0.25) is 0 Å². The van der Waals surface area contributed by atoms with Gasteiger partial charge in [0.1, 0.15) is 10.8 Å². The Hall–Kier alpha value is -2.12. The fraction of sp³-hybridized carbons (Fsp3) is 0.474. The molecule has 26 heavy (non-hydrogen) atoms. The third kappa shape index (κ3) is 7.01. The van der Waals surface area contributed by atoms with Crippen molar-refractivity contribution in [3.05, 3.63) is 45.9 Å². The van der Waals surface area contributed by atoms with Crippen molar-refractivity contribution in [2.75, 3.05) is 27.4 Å². The molecule has 0 atom stereocenters. The zero-order chi connectivity index (χ0) is 18.6. The first-order valence-corrected chi connectivity index (χ1v) is 9.65. The molecule has 7 heteroatoms. The summed E-state index contributed by atoms with van der Waals surface area (Å²) in [4.78, 5) is 9.97. The molecule has 0 bridgehead atoms. The predicted molar refractivity (Wildman–Crippen MR) is 107 cm³/mol. The number of aliphatic imine (C=N–C) groups is 1. The smallest absolute Gasteiger partial charge is 0.191 e. The van der Waals surface area contributed by atoms with Gasteiger partial charge in [-0.2, -0.15) is 0 Å². The maximum Gasteiger partial charge on any atom is 0.191 e. The maximum absolute atomic E-state index is 5.74. The molecule has 0 saturated carbocycles. The van der Waals surface area contributed by atoms with Gasteiger partial charge in [0.05, 0.1) is 13.2 Å².